The number of thiophene rings is 1. The maximum Gasteiger partial charge on any atom is 0.227 e. The number of piperazine rings is 1. The van der Waals surface area contributed by atoms with E-state index in [9.17, 15) is 0 Å². The minimum absolute atomic E-state index is 0.625. The molecule has 3 heterocycles. The van der Waals surface area contributed by atoms with Gasteiger partial charge in [-0.15, -0.1) is 11.3 Å². The highest BCUT2D eigenvalue weighted by Crippen LogP contribution is 2.34. The van der Waals surface area contributed by atoms with E-state index in [-0.39, 0.29) is 0 Å². The molecule has 1 aliphatic heterocycles. The van der Waals surface area contributed by atoms with Crippen LogP contribution in [0.2, 0.25) is 0 Å². The van der Waals surface area contributed by atoms with Gasteiger partial charge in [-0.1, -0.05) is 24.3 Å². The first kappa shape index (κ1) is 18.1. The van der Waals surface area contributed by atoms with Crippen LogP contribution in [0, 0.1) is 6.92 Å². The van der Waals surface area contributed by atoms with E-state index in [4.69, 9.17) is 4.98 Å². The molecular formula is C23H23N5S. The molecule has 1 fully saturated rings. The summed E-state index contributed by atoms with van der Waals surface area (Å²) in [5.74, 6) is 0.625. The highest BCUT2D eigenvalue weighted by Gasteiger charge is 2.13. The fourth-order valence-electron chi connectivity index (χ4n) is 3.68. The van der Waals surface area contributed by atoms with Crippen LogP contribution >= 0.6 is 11.3 Å². The highest BCUT2D eigenvalue weighted by molar-refractivity contribution is 7.22. The van der Waals surface area contributed by atoms with E-state index in [1.807, 2.05) is 6.20 Å². The average molecular weight is 402 g/mol. The van der Waals surface area contributed by atoms with Gasteiger partial charge in [-0.05, 0) is 48.2 Å². The van der Waals surface area contributed by atoms with Crippen LogP contribution in [-0.2, 0) is 0 Å². The van der Waals surface area contributed by atoms with Gasteiger partial charge in [0.25, 0.3) is 0 Å². The van der Waals surface area contributed by atoms with Gasteiger partial charge >= 0.3 is 0 Å². The molecule has 29 heavy (non-hydrogen) atoms. The van der Waals surface area contributed by atoms with E-state index in [2.05, 4.69) is 82.0 Å². The Labute approximate surface area is 174 Å². The number of benzene rings is 2. The Morgan fingerprint density at radius 2 is 1.90 bits per heavy atom. The van der Waals surface area contributed by atoms with Crippen LogP contribution in [0.15, 0.2) is 60.8 Å². The quantitative estimate of drug-likeness (QED) is 0.513. The Balaban J connectivity index is 1.43. The Kier molecular flexibility index (Phi) is 4.87. The summed E-state index contributed by atoms with van der Waals surface area (Å²) < 4.78 is 1.28. The van der Waals surface area contributed by atoms with E-state index < -0.39 is 0 Å². The van der Waals surface area contributed by atoms with Crippen molar-refractivity contribution in [1.29, 1.82) is 0 Å². The molecule has 1 aliphatic rings. The third-order valence-corrected chi connectivity index (χ3v) is 6.34. The van der Waals surface area contributed by atoms with Crippen molar-refractivity contribution in [2.24, 2.45) is 0 Å². The second kappa shape index (κ2) is 7.81. The van der Waals surface area contributed by atoms with Gasteiger partial charge in [-0.25, -0.2) is 9.97 Å². The fourth-order valence-corrected chi connectivity index (χ4v) is 4.80. The van der Waals surface area contributed by atoms with Gasteiger partial charge in [-0.2, -0.15) is 0 Å². The molecule has 5 nitrogen and oxygen atoms in total. The number of anilines is 3. The van der Waals surface area contributed by atoms with Crippen molar-refractivity contribution in [3.8, 4) is 10.6 Å². The van der Waals surface area contributed by atoms with Gasteiger partial charge in [0.05, 0.1) is 10.6 Å². The Morgan fingerprint density at radius 1 is 1.03 bits per heavy atom. The normalized spacial score (nSPS) is 14.3. The van der Waals surface area contributed by atoms with Crippen LogP contribution < -0.4 is 15.5 Å². The van der Waals surface area contributed by atoms with Gasteiger partial charge in [0.2, 0.25) is 5.95 Å². The van der Waals surface area contributed by atoms with Crippen LogP contribution in [0.4, 0.5) is 17.3 Å². The Hall–Kier alpha value is -2.96. The third kappa shape index (κ3) is 3.81. The number of hydrogen-bond donors (Lipinski definition) is 2. The molecule has 1 saturated heterocycles. The van der Waals surface area contributed by atoms with Crippen LogP contribution in [0.5, 0.6) is 0 Å². The number of rotatable bonds is 4. The molecule has 146 valence electrons. The highest BCUT2D eigenvalue weighted by atomic mass is 32.1. The molecular weight excluding hydrogens is 378 g/mol. The second-order valence-electron chi connectivity index (χ2n) is 7.29. The molecule has 4 aromatic rings. The number of aryl methyl sites for hydroxylation is 1. The molecule has 6 heteroatoms. The zero-order valence-electron chi connectivity index (χ0n) is 16.4. The van der Waals surface area contributed by atoms with E-state index in [1.165, 1.54) is 20.7 Å². The van der Waals surface area contributed by atoms with Gasteiger partial charge in [0.15, 0.2) is 0 Å². The lowest BCUT2D eigenvalue weighted by Crippen LogP contribution is -2.43. The molecule has 0 radical (unpaired) electrons. The zero-order valence-corrected chi connectivity index (χ0v) is 17.2. The monoisotopic (exact) mass is 401 g/mol. The number of nitrogens with one attached hydrogen (secondary N) is 2. The topological polar surface area (TPSA) is 53.1 Å². The maximum absolute atomic E-state index is 4.84. The molecule has 0 saturated carbocycles. The molecule has 0 atom stereocenters. The number of fused-ring (bicyclic) bond motifs is 1. The lowest BCUT2D eigenvalue weighted by atomic mass is 10.2. The van der Waals surface area contributed by atoms with Crippen molar-refractivity contribution >= 4 is 38.7 Å². The number of nitrogens with zero attached hydrogens (tertiary/aromatic N) is 3. The van der Waals surface area contributed by atoms with Crippen molar-refractivity contribution in [1.82, 2.24) is 15.3 Å². The van der Waals surface area contributed by atoms with E-state index in [1.54, 1.807) is 11.3 Å². The van der Waals surface area contributed by atoms with Crippen LogP contribution in [0.1, 0.15) is 5.56 Å². The Morgan fingerprint density at radius 3 is 2.76 bits per heavy atom. The van der Waals surface area contributed by atoms with Crippen LogP contribution in [-0.4, -0.2) is 36.1 Å². The third-order valence-electron chi connectivity index (χ3n) is 5.22. The largest absolute Gasteiger partial charge is 0.369 e. The molecule has 2 aromatic heterocycles. The predicted octanol–water partition coefficient (Wildman–Crippen LogP) is 4.82. The van der Waals surface area contributed by atoms with Gasteiger partial charge in [-0.3, -0.25) is 0 Å². The SMILES string of the molecule is Cc1cnc(Nc2cccc(N3CCNCC3)c2)nc1-c1cc2ccccc2s1. The Bertz CT molecular complexity index is 1110. The molecule has 2 N–H and O–H groups in total. The first-order valence-electron chi connectivity index (χ1n) is 9.92. The summed E-state index contributed by atoms with van der Waals surface area (Å²) in [6.45, 7) is 6.17. The summed E-state index contributed by atoms with van der Waals surface area (Å²) in [7, 11) is 0. The maximum atomic E-state index is 4.84. The van der Waals surface area contributed by atoms with Crippen LogP contribution in [0.3, 0.4) is 0 Å². The first-order chi connectivity index (χ1) is 14.3. The molecule has 0 aliphatic carbocycles. The molecule has 0 amide bonds. The van der Waals surface area contributed by atoms with Gasteiger partial charge in [0, 0.05) is 48.5 Å². The minimum Gasteiger partial charge on any atom is -0.369 e. The minimum atomic E-state index is 0.625. The summed E-state index contributed by atoms with van der Waals surface area (Å²) in [5.41, 5.74) is 4.30. The fraction of sp³-hybridized carbons (Fsp3) is 0.217. The van der Waals surface area contributed by atoms with Crippen molar-refractivity contribution in [2.45, 2.75) is 6.92 Å². The smallest absolute Gasteiger partial charge is 0.227 e. The van der Waals surface area contributed by atoms with Crippen molar-refractivity contribution in [2.75, 3.05) is 36.4 Å². The van der Waals surface area contributed by atoms with Crippen molar-refractivity contribution in [3.05, 3.63) is 66.4 Å². The van der Waals surface area contributed by atoms with E-state index >= 15 is 0 Å². The van der Waals surface area contributed by atoms with Crippen molar-refractivity contribution < 1.29 is 0 Å². The van der Waals surface area contributed by atoms with Crippen molar-refractivity contribution in [3.63, 3.8) is 0 Å². The summed E-state index contributed by atoms with van der Waals surface area (Å²) >= 11 is 1.77. The molecule has 2 aromatic carbocycles. The van der Waals surface area contributed by atoms with Gasteiger partial charge in [0.1, 0.15) is 0 Å². The predicted molar refractivity (Wildman–Crippen MR) is 122 cm³/mol. The lowest BCUT2D eigenvalue weighted by molar-refractivity contribution is 0.589. The summed E-state index contributed by atoms with van der Waals surface area (Å²) in [6, 6.07) is 19.1. The first-order valence-corrected chi connectivity index (χ1v) is 10.7. The van der Waals surface area contributed by atoms with E-state index in [0.29, 0.717) is 5.95 Å². The molecule has 0 bridgehead atoms. The summed E-state index contributed by atoms with van der Waals surface area (Å²) in [4.78, 5) is 12.9. The second-order valence-corrected chi connectivity index (χ2v) is 8.37. The average Bonchev–Trinajstić information content (AvgIpc) is 3.20. The van der Waals surface area contributed by atoms with E-state index in [0.717, 1.165) is 43.1 Å². The van der Waals surface area contributed by atoms with Crippen LogP contribution in [0.25, 0.3) is 20.7 Å². The molecule has 0 spiro atoms. The standard InChI is InChI=1S/C23H23N5S/c1-16-15-25-23(27-22(16)21-13-17-5-2-3-8-20(17)29-21)26-18-6-4-7-19(14-18)28-11-9-24-10-12-28/h2-8,13-15,24H,9-12H2,1H3,(H,25,26,27). The lowest BCUT2D eigenvalue weighted by Gasteiger charge is -2.29. The number of aromatic nitrogens is 2. The van der Waals surface area contributed by atoms with Gasteiger partial charge < -0.3 is 15.5 Å². The summed E-state index contributed by atoms with van der Waals surface area (Å²) in [6.07, 6.45) is 1.90. The number of hydrogen-bond acceptors (Lipinski definition) is 6. The molecule has 5 rings (SSSR count). The molecule has 0 unspecified atom stereocenters. The zero-order chi connectivity index (χ0) is 19.6. The summed E-state index contributed by atoms with van der Waals surface area (Å²) in [5, 5.41) is 8.05.